The molecule has 1 aliphatic carbocycles. The molecule has 0 spiro atoms. The van der Waals surface area contributed by atoms with Crippen LogP contribution in [0.3, 0.4) is 0 Å². The molecule has 0 aromatic carbocycles. The number of halogens is 1. The zero-order valence-corrected chi connectivity index (χ0v) is 7.03. The van der Waals surface area contributed by atoms with Gasteiger partial charge in [0.15, 0.2) is 0 Å². The van der Waals surface area contributed by atoms with E-state index < -0.39 is 0 Å². The normalized spacial score (nSPS) is 16.5. The lowest BCUT2D eigenvalue weighted by atomic mass is 10.3. The van der Waals surface area contributed by atoms with E-state index in [-0.39, 0.29) is 12.4 Å². The van der Waals surface area contributed by atoms with Crippen LogP contribution < -0.4 is 5.73 Å². The molecule has 1 saturated carbocycles. The van der Waals surface area contributed by atoms with E-state index >= 15 is 0 Å². The Morgan fingerprint density at radius 3 is 2.50 bits per heavy atom. The molecule has 0 radical (unpaired) electrons. The second-order valence-corrected chi connectivity index (χ2v) is 2.63. The summed E-state index contributed by atoms with van der Waals surface area (Å²) in [6.45, 7) is 2.30. The van der Waals surface area contributed by atoms with Crippen molar-refractivity contribution in [1.82, 2.24) is 0 Å². The van der Waals surface area contributed by atoms with Crippen molar-refractivity contribution in [2.75, 3.05) is 19.8 Å². The van der Waals surface area contributed by atoms with Crippen molar-refractivity contribution in [2.45, 2.75) is 19.3 Å². The molecule has 0 aromatic rings. The van der Waals surface area contributed by atoms with Gasteiger partial charge in [0.2, 0.25) is 0 Å². The molecule has 0 aromatic heterocycles. The molecule has 1 aliphatic rings. The van der Waals surface area contributed by atoms with Crippen LogP contribution in [0, 0.1) is 5.92 Å². The van der Waals surface area contributed by atoms with Gasteiger partial charge in [0.1, 0.15) is 0 Å². The van der Waals surface area contributed by atoms with E-state index in [0.29, 0.717) is 6.54 Å². The van der Waals surface area contributed by atoms with Crippen LogP contribution in [0.25, 0.3) is 0 Å². The van der Waals surface area contributed by atoms with Crippen LogP contribution in [0.5, 0.6) is 0 Å². The molecule has 2 N–H and O–H groups in total. The first kappa shape index (κ1) is 10.2. The smallest absolute Gasteiger partial charge is 0.0588 e. The molecule has 0 amide bonds. The Hall–Kier alpha value is 0.210. The fourth-order valence-corrected chi connectivity index (χ4v) is 0.842. The van der Waals surface area contributed by atoms with E-state index in [1.165, 1.54) is 19.3 Å². The van der Waals surface area contributed by atoms with Gasteiger partial charge in [0, 0.05) is 13.2 Å². The molecule has 0 unspecified atom stereocenters. The Balaban J connectivity index is 0.000000810. The summed E-state index contributed by atoms with van der Waals surface area (Å²) in [5.74, 6) is 0.989. The van der Waals surface area contributed by atoms with Gasteiger partial charge in [-0.2, -0.15) is 0 Å². The predicted molar refractivity (Wildman–Crippen MR) is 44.5 cm³/mol. The Bertz CT molecular complexity index is 76.0. The molecule has 62 valence electrons. The monoisotopic (exact) mass is 165 g/mol. The average Bonchev–Trinajstić information content (AvgIpc) is 2.63. The summed E-state index contributed by atoms with van der Waals surface area (Å²) in [7, 11) is 0. The van der Waals surface area contributed by atoms with Gasteiger partial charge in [0.25, 0.3) is 0 Å². The van der Waals surface area contributed by atoms with Crippen molar-refractivity contribution < 1.29 is 4.74 Å². The first-order chi connectivity index (χ1) is 4.43. The molecule has 10 heavy (non-hydrogen) atoms. The highest BCUT2D eigenvalue weighted by Gasteiger charge is 2.20. The number of hydrogen-bond donors (Lipinski definition) is 1. The van der Waals surface area contributed by atoms with Crippen LogP contribution >= 0.6 is 12.4 Å². The minimum Gasteiger partial charge on any atom is -0.380 e. The fraction of sp³-hybridized carbons (Fsp3) is 1.00. The third kappa shape index (κ3) is 5.03. The summed E-state index contributed by atoms with van der Waals surface area (Å²) < 4.78 is 5.21. The Kier molecular flexibility index (Phi) is 6.08. The zero-order valence-electron chi connectivity index (χ0n) is 6.21. The minimum atomic E-state index is 0. The highest BCUT2D eigenvalue weighted by molar-refractivity contribution is 5.85. The van der Waals surface area contributed by atoms with Crippen molar-refractivity contribution >= 4 is 12.4 Å². The summed E-state index contributed by atoms with van der Waals surface area (Å²) in [6, 6.07) is 0. The topological polar surface area (TPSA) is 35.2 Å². The van der Waals surface area contributed by atoms with Gasteiger partial charge in [-0.05, 0) is 12.3 Å². The van der Waals surface area contributed by atoms with Crippen molar-refractivity contribution in [2.24, 2.45) is 11.7 Å². The molecule has 3 heteroatoms. The molecule has 0 aliphatic heterocycles. The lowest BCUT2D eigenvalue weighted by Crippen LogP contribution is -2.09. The first-order valence-corrected chi connectivity index (χ1v) is 3.71. The van der Waals surface area contributed by atoms with Gasteiger partial charge in [-0.25, -0.2) is 0 Å². The third-order valence-electron chi connectivity index (χ3n) is 1.63. The number of rotatable bonds is 5. The summed E-state index contributed by atoms with van der Waals surface area (Å²) in [6.07, 6.45) is 4.10. The van der Waals surface area contributed by atoms with Crippen LogP contribution in [0.2, 0.25) is 0 Å². The minimum absolute atomic E-state index is 0. The van der Waals surface area contributed by atoms with E-state index in [2.05, 4.69) is 0 Å². The quantitative estimate of drug-likeness (QED) is 0.622. The second kappa shape index (κ2) is 5.96. The molecule has 0 atom stereocenters. The average molecular weight is 166 g/mol. The van der Waals surface area contributed by atoms with Gasteiger partial charge >= 0.3 is 0 Å². The number of nitrogens with two attached hydrogens (primary N) is 1. The Labute approximate surface area is 68.5 Å². The molecule has 0 heterocycles. The first-order valence-electron chi connectivity index (χ1n) is 3.71. The molecule has 1 rings (SSSR count). The summed E-state index contributed by atoms with van der Waals surface area (Å²) in [4.78, 5) is 0. The van der Waals surface area contributed by atoms with Crippen molar-refractivity contribution in [3.05, 3.63) is 0 Å². The summed E-state index contributed by atoms with van der Waals surface area (Å²) >= 11 is 0. The van der Waals surface area contributed by atoms with Crippen LogP contribution in [-0.4, -0.2) is 19.8 Å². The zero-order chi connectivity index (χ0) is 6.53. The van der Waals surface area contributed by atoms with Crippen LogP contribution in [-0.2, 0) is 4.74 Å². The van der Waals surface area contributed by atoms with E-state index in [1.54, 1.807) is 0 Å². The van der Waals surface area contributed by atoms with E-state index in [0.717, 1.165) is 19.1 Å². The van der Waals surface area contributed by atoms with Gasteiger partial charge in [-0.15, -0.1) is 12.4 Å². The van der Waals surface area contributed by atoms with Crippen LogP contribution in [0.4, 0.5) is 0 Å². The standard InChI is InChI=1S/C7H15NO.ClH/c8-4-6-9-5-3-7-1-2-7;/h7H,1-6,8H2;1H. The SMILES string of the molecule is Cl.NCCOCCC1CC1. The highest BCUT2D eigenvalue weighted by Crippen LogP contribution is 2.31. The molecule has 0 saturated heterocycles. The van der Waals surface area contributed by atoms with Gasteiger partial charge < -0.3 is 10.5 Å². The maximum absolute atomic E-state index is 5.24. The maximum Gasteiger partial charge on any atom is 0.0588 e. The van der Waals surface area contributed by atoms with Gasteiger partial charge in [-0.3, -0.25) is 0 Å². The molecular formula is C7H16ClNO. The van der Waals surface area contributed by atoms with Crippen molar-refractivity contribution in [3.8, 4) is 0 Å². The fourth-order valence-electron chi connectivity index (χ4n) is 0.842. The highest BCUT2D eigenvalue weighted by atomic mass is 35.5. The van der Waals surface area contributed by atoms with Crippen LogP contribution in [0.1, 0.15) is 19.3 Å². The largest absolute Gasteiger partial charge is 0.380 e. The molecular weight excluding hydrogens is 150 g/mol. The number of hydrogen-bond acceptors (Lipinski definition) is 2. The van der Waals surface area contributed by atoms with Crippen LogP contribution in [0.15, 0.2) is 0 Å². The number of ether oxygens (including phenoxy) is 1. The van der Waals surface area contributed by atoms with Gasteiger partial charge in [0.05, 0.1) is 6.61 Å². The van der Waals surface area contributed by atoms with Gasteiger partial charge in [-0.1, -0.05) is 12.8 Å². The van der Waals surface area contributed by atoms with Crippen molar-refractivity contribution in [3.63, 3.8) is 0 Å². The van der Waals surface area contributed by atoms with E-state index in [9.17, 15) is 0 Å². The molecule has 2 nitrogen and oxygen atoms in total. The predicted octanol–water partition coefficient (Wildman–Crippen LogP) is 1.18. The van der Waals surface area contributed by atoms with E-state index in [4.69, 9.17) is 10.5 Å². The molecule has 0 bridgehead atoms. The summed E-state index contributed by atoms with van der Waals surface area (Å²) in [5, 5.41) is 0. The second-order valence-electron chi connectivity index (χ2n) is 2.63. The maximum atomic E-state index is 5.24. The Morgan fingerprint density at radius 1 is 1.30 bits per heavy atom. The Morgan fingerprint density at radius 2 is 2.00 bits per heavy atom. The lowest BCUT2D eigenvalue weighted by Gasteiger charge is -1.98. The molecule has 1 fully saturated rings. The summed E-state index contributed by atoms with van der Waals surface area (Å²) in [5.41, 5.74) is 5.24. The van der Waals surface area contributed by atoms with Crippen molar-refractivity contribution in [1.29, 1.82) is 0 Å². The van der Waals surface area contributed by atoms with E-state index in [1.807, 2.05) is 0 Å². The lowest BCUT2D eigenvalue weighted by molar-refractivity contribution is 0.135. The third-order valence-corrected chi connectivity index (χ3v) is 1.63.